The molecule has 1 aliphatic rings. The molecule has 0 bridgehead atoms. The van der Waals surface area contributed by atoms with Gasteiger partial charge in [0.05, 0.1) is 51.8 Å². The van der Waals surface area contributed by atoms with Gasteiger partial charge in [-0.25, -0.2) is 0 Å². The lowest BCUT2D eigenvalue weighted by Gasteiger charge is -2.39. The number of likely N-dealkylation sites (N-methyl/N-ethyl adjacent to an activating group) is 1. The fourth-order valence-electron chi connectivity index (χ4n) is 2.57. The van der Waals surface area contributed by atoms with Crippen molar-refractivity contribution in [2.75, 3.05) is 83.4 Å². The lowest BCUT2D eigenvalue weighted by atomic mass is 10.2. The number of hydrogen-bond acceptors (Lipinski definition) is 5. The Labute approximate surface area is 133 Å². The summed E-state index contributed by atoms with van der Waals surface area (Å²) in [6.07, 6.45) is 0. The molecule has 124 valence electrons. The predicted molar refractivity (Wildman–Crippen MR) is 92.9 cm³/mol. The standard InChI is InChI=1S/C16H30N5O/c1-21(2)9-6-20(7-10-21)8-12-22-11-5-19-16-4-3-14(17)13-15(16)18/h3-4,13,19H,5-12,17-18H2,1-2H3/q+1. The average Bonchev–Trinajstić information content (AvgIpc) is 2.46. The fraction of sp³-hybridized carbons (Fsp3) is 0.625. The molecule has 0 amide bonds. The van der Waals surface area contributed by atoms with E-state index in [1.807, 2.05) is 12.1 Å². The third kappa shape index (κ3) is 5.36. The maximum Gasteiger partial charge on any atom is 0.0912 e. The summed E-state index contributed by atoms with van der Waals surface area (Å²) >= 11 is 0. The van der Waals surface area contributed by atoms with Crippen molar-refractivity contribution < 1.29 is 9.22 Å². The molecule has 0 spiro atoms. The number of nitrogen functional groups attached to an aromatic ring is 2. The molecule has 6 heteroatoms. The van der Waals surface area contributed by atoms with Crippen molar-refractivity contribution in [1.82, 2.24) is 4.90 Å². The van der Waals surface area contributed by atoms with Crippen LogP contribution in [0.2, 0.25) is 0 Å². The van der Waals surface area contributed by atoms with Crippen molar-refractivity contribution in [3.8, 4) is 0 Å². The Hall–Kier alpha value is -1.50. The van der Waals surface area contributed by atoms with Crippen LogP contribution < -0.4 is 16.8 Å². The number of anilines is 3. The van der Waals surface area contributed by atoms with E-state index < -0.39 is 0 Å². The molecule has 0 saturated carbocycles. The Morgan fingerprint density at radius 2 is 1.91 bits per heavy atom. The van der Waals surface area contributed by atoms with Crippen LogP contribution in [-0.4, -0.2) is 76.0 Å². The van der Waals surface area contributed by atoms with E-state index in [1.165, 1.54) is 13.1 Å². The smallest absolute Gasteiger partial charge is 0.0912 e. The van der Waals surface area contributed by atoms with Crippen LogP contribution in [0.4, 0.5) is 17.1 Å². The zero-order valence-corrected chi connectivity index (χ0v) is 13.8. The van der Waals surface area contributed by atoms with E-state index >= 15 is 0 Å². The topological polar surface area (TPSA) is 76.5 Å². The van der Waals surface area contributed by atoms with E-state index in [2.05, 4.69) is 24.3 Å². The lowest BCUT2D eigenvalue weighted by molar-refractivity contribution is -0.894. The molecule has 1 saturated heterocycles. The van der Waals surface area contributed by atoms with Crippen LogP contribution in [0.25, 0.3) is 0 Å². The molecular formula is C16H30N5O+. The van der Waals surface area contributed by atoms with Crippen molar-refractivity contribution in [2.24, 2.45) is 0 Å². The number of ether oxygens (including phenoxy) is 1. The molecule has 0 unspecified atom stereocenters. The molecule has 0 aromatic heterocycles. The molecule has 1 heterocycles. The van der Waals surface area contributed by atoms with Crippen molar-refractivity contribution in [1.29, 1.82) is 0 Å². The number of benzene rings is 1. The molecule has 5 N–H and O–H groups in total. The van der Waals surface area contributed by atoms with Gasteiger partial charge in [-0.05, 0) is 18.2 Å². The van der Waals surface area contributed by atoms with E-state index in [4.69, 9.17) is 16.2 Å². The summed E-state index contributed by atoms with van der Waals surface area (Å²) in [5, 5.41) is 3.27. The van der Waals surface area contributed by atoms with Gasteiger partial charge in [-0.1, -0.05) is 0 Å². The molecule has 0 aliphatic carbocycles. The number of nitrogens with two attached hydrogens (primary N) is 2. The summed E-state index contributed by atoms with van der Waals surface area (Å²) in [7, 11) is 4.59. The fourth-order valence-corrected chi connectivity index (χ4v) is 2.57. The molecule has 1 aromatic carbocycles. The second-order valence-corrected chi connectivity index (χ2v) is 6.61. The highest BCUT2D eigenvalue weighted by Crippen LogP contribution is 2.20. The van der Waals surface area contributed by atoms with E-state index in [-0.39, 0.29) is 0 Å². The summed E-state index contributed by atoms with van der Waals surface area (Å²) in [6, 6.07) is 5.51. The second-order valence-electron chi connectivity index (χ2n) is 6.61. The third-order valence-electron chi connectivity index (χ3n) is 4.23. The van der Waals surface area contributed by atoms with Gasteiger partial charge in [-0.2, -0.15) is 0 Å². The van der Waals surface area contributed by atoms with Gasteiger partial charge in [0, 0.05) is 31.9 Å². The summed E-state index contributed by atoms with van der Waals surface area (Å²) in [5.41, 5.74) is 13.8. The van der Waals surface area contributed by atoms with Crippen molar-refractivity contribution in [3.63, 3.8) is 0 Å². The zero-order chi connectivity index (χ0) is 16.0. The molecule has 22 heavy (non-hydrogen) atoms. The number of piperazine rings is 1. The number of quaternary nitrogens is 1. The van der Waals surface area contributed by atoms with Crippen LogP contribution >= 0.6 is 0 Å². The lowest BCUT2D eigenvalue weighted by Crippen LogP contribution is -2.55. The second kappa shape index (κ2) is 7.67. The molecule has 1 fully saturated rings. The highest BCUT2D eigenvalue weighted by molar-refractivity contribution is 5.70. The molecule has 2 rings (SSSR count). The first kappa shape index (κ1) is 16.9. The zero-order valence-electron chi connectivity index (χ0n) is 13.8. The van der Waals surface area contributed by atoms with Crippen LogP contribution in [-0.2, 0) is 4.74 Å². The Balaban J connectivity index is 1.54. The summed E-state index contributed by atoms with van der Waals surface area (Å²) < 4.78 is 6.83. The van der Waals surface area contributed by atoms with Crippen molar-refractivity contribution >= 4 is 17.1 Å². The van der Waals surface area contributed by atoms with Crippen LogP contribution in [0.3, 0.4) is 0 Å². The SMILES string of the molecule is C[N+]1(C)CCN(CCOCCNc2ccc(N)cc2N)CC1. The Morgan fingerprint density at radius 3 is 2.59 bits per heavy atom. The first-order chi connectivity index (χ1) is 10.5. The molecule has 1 aliphatic heterocycles. The third-order valence-corrected chi connectivity index (χ3v) is 4.23. The monoisotopic (exact) mass is 308 g/mol. The first-order valence-electron chi connectivity index (χ1n) is 7.97. The van der Waals surface area contributed by atoms with Gasteiger partial charge < -0.3 is 26.0 Å². The van der Waals surface area contributed by atoms with E-state index in [0.717, 1.165) is 43.0 Å². The number of nitrogens with zero attached hydrogens (tertiary/aromatic N) is 2. The Bertz CT molecular complexity index is 468. The van der Waals surface area contributed by atoms with E-state index in [1.54, 1.807) is 6.07 Å². The minimum atomic E-state index is 0.675. The molecule has 1 aromatic rings. The Morgan fingerprint density at radius 1 is 1.18 bits per heavy atom. The number of nitrogens with one attached hydrogen (secondary N) is 1. The van der Waals surface area contributed by atoms with E-state index in [9.17, 15) is 0 Å². The summed E-state index contributed by atoms with van der Waals surface area (Å²) in [6.45, 7) is 8.00. The maximum absolute atomic E-state index is 5.89. The van der Waals surface area contributed by atoms with Gasteiger partial charge >= 0.3 is 0 Å². The van der Waals surface area contributed by atoms with Crippen LogP contribution in [0.5, 0.6) is 0 Å². The van der Waals surface area contributed by atoms with Gasteiger partial charge in [0.25, 0.3) is 0 Å². The van der Waals surface area contributed by atoms with Crippen molar-refractivity contribution in [3.05, 3.63) is 18.2 Å². The van der Waals surface area contributed by atoms with Crippen LogP contribution in [0.15, 0.2) is 18.2 Å². The maximum atomic E-state index is 5.89. The van der Waals surface area contributed by atoms with Crippen LogP contribution in [0.1, 0.15) is 0 Å². The molecule has 0 radical (unpaired) electrons. The first-order valence-corrected chi connectivity index (χ1v) is 7.97. The summed E-state index contributed by atoms with van der Waals surface area (Å²) in [4.78, 5) is 2.48. The van der Waals surface area contributed by atoms with Crippen LogP contribution in [0, 0.1) is 0 Å². The van der Waals surface area contributed by atoms with Gasteiger partial charge in [0.15, 0.2) is 0 Å². The minimum Gasteiger partial charge on any atom is -0.399 e. The van der Waals surface area contributed by atoms with Gasteiger partial charge in [0.1, 0.15) is 0 Å². The largest absolute Gasteiger partial charge is 0.399 e. The highest BCUT2D eigenvalue weighted by Gasteiger charge is 2.23. The quantitative estimate of drug-likeness (QED) is 0.392. The van der Waals surface area contributed by atoms with E-state index in [0.29, 0.717) is 18.0 Å². The number of hydrogen-bond donors (Lipinski definition) is 3. The van der Waals surface area contributed by atoms with Gasteiger partial charge in [-0.15, -0.1) is 0 Å². The van der Waals surface area contributed by atoms with Gasteiger partial charge in [-0.3, -0.25) is 4.90 Å². The minimum absolute atomic E-state index is 0.675. The van der Waals surface area contributed by atoms with Gasteiger partial charge in [0.2, 0.25) is 0 Å². The summed E-state index contributed by atoms with van der Waals surface area (Å²) in [5.74, 6) is 0. The number of rotatable bonds is 7. The molecule has 0 atom stereocenters. The normalized spacial score (nSPS) is 18.3. The molecule has 6 nitrogen and oxygen atoms in total. The van der Waals surface area contributed by atoms with Crippen molar-refractivity contribution in [2.45, 2.75) is 0 Å². The average molecular weight is 308 g/mol. The molecular weight excluding hydrogens is 278 g/mol. The Kier molecular flexibility index (Phi) is 5.88. The predicted octanol–water partition coefficient (Wildman–Crippen LogP) is 0.672. The highest BCUT2D eigenvalue weighted by atomic mass is 16.5.